The number of amides is 1. The maximum atomic E-state index is 13.3. The second-order valence-corrected chi connectivity index (χ2v) is 6.52. The maximum Gasteiger partial charge on any atom is 0.254 e. The van der Waals surface area contributed by atoms with E-state index in [-0.39, 0.29) is 11.6 Å². The molecule has 3 nitrogen and oxygen atoms in total. The van der Waals surface area contributed by atoms with Crippen LogP contribution in [0.15, 0.2) is 18.2 Å². The Morgan fingerprint density at radius 2 is 2.05 bits per heavy atom. The van der Waals surface area contributed by atoms with E-state index in [1.807, 2.05) is 4.90 Å². The molecule has 21 heavy (non-hydrogen) atoms. The van der Waals surface area contributed by atoms with Crippen molar-refractivity contribution in [2.45, 2.75) is 45.1 Å². The zero-order valence-electron chi connectivity index (χ0n) is 12.5. The quantitative estimate of drug-likeness (QED) is 0.805. The van der Waals surface area contributed by atoms with Gasteiger partial charge in [-0.05, 0) is 49.3 Å². The first-order valence-corrected chi connectivity index (χ1v) is 7.94. The van der Waals surface area contributed by atoms with Crippen molar-refractivity contribution in [2.24, 2.45) is 11.8 Å². The number of nitrogens with two attached hydrogens (primary N) is 1. The Labute approximate surface area is 125 Å². The zero-order chi connectivity index (χ0) is 15.0. The van der Waals surface area contributed by atoms with Gasteiger partial charge in [0.15, 0.2) is 0 Å². The Morgan fingerprint density at radius 1 is 1.29 bits per heavy atom. The highest BCUT2D eigenvalue weighted by Gasteiger charge is 2.39. The van der Waals surface area contributed by atoms with Crippen LogP contribution in [-0.4, -0.2) is 23.4 Å². The number of rotatable bonds is 1. The van der Waals surface area contributed by atoms with Gasteiger partial charge in [-0.1, -0.05) is 19.8 Å². The third-order valence-electron chi connectivity index (χ3n) is 5.24. The zero-order valence-corrected chi connectivity index (χ0v) is 12.5. The molecule has 3 rings (SSSR count). The van der Waals surface area contributed by atoms with Crippen molar-refractivity contribution in [2.75, 3.05) is 12.3 Å². The van der Waals surface area contributed by atoms with E-state index >= 15 is 0 Å². The number of halogens is 1. The number of nitrogens with zero attached hydrogens (tertiary/aromatic N) is 1. The lowest BCUT2D eigenvalue weighted by Crippen LogP contribution is -2.52. The Morgan fingerprint density at radius 3 is 2.81 bits per heavy atom. The van der Waals surface area contributed by atoms with Crippen molar-refractivity contribution >= 4 is 11.6 Å². The molecule has 0 radical (unpaired) electrons. The van der Waals surface area contributed by atoms with Crippen molar-refractivity contribution in [3.05, 3.63) is 29.6 Å². The molecule has 1 aliphatic carbocycles. The fourth-order valence-corrected chi connectivity index (χ4v) is 4.01. The normalized spacial score (nSPS) is 29.0. The van der Waals surface area contributed by atoms with Gasteiger partial charge in [-0.2, -0.15) is 0 Å². The molecule has 2 aliphatic rings. The molecule has 1 saturated heterocycles. The van der Waals surface area contributed by atoms with Crippen LogP contribution in [0.5, 0.6) is 0 Å². The number of carbonyl (C=O) groups is 1. The second kappa shape index (κ2) is 5.66. The number of fused-ring (bicyclic) bond motifs is 1. The minimum atomic E-state index is -0.464. The lowest BCUT2D eigenvalue weighted by molar-refractivity contribution is 0.0218. The predicted octanol–water partition coefficient (Wildman–Crippen LogP) is 3.45. The standard InChI is InChI=1S/C17H23FN2O/c1-11-8-9-20(16-5-3-2-4-13(11)16)17(21)12-6-7-14(18)15(19)10-12/h6-7,10-11,13,16H,2-5,8-9,19H2,1H3. The van der Waals surface area contributed by atoms with Crippen LogP contribution < -0.4 is 5.73 Å². The molecule has 1 saturated carbocycles. The minimum Gasteiger partial charge on any atom is -0.396 e. The van der Waals surface area contributed by atoms with Crippen molar-refractivity contribution in [3.63, 3.8) is 0 Å². The fraction of sp³-hybridized carbons (Fsp3) is 0.588. The summed E-state index contributed by atoms with van der Waals surface area (Å²) < 4.78 is 13.3. The molecule has 0 bridgehead atoms. The number of hydrogen-bond acceptors (Lipinski definition) is 2. The number of carbonyl (C=O) groups excluding carboxylic acids is 1. The molecule has 3 unspecified atom stereocenters. The van der Waals surface area contributed by atoms with Crippen LogP contribution in [0.4, 0.5) is 10.1 Å². The highest BCUT2D eigenvalue weighted by Crippen LogP contribution is 2.39. The lowest BCUT2D eigenvalue weighted by Gasteiger charge is -2.47. The summed E-state index contributed by atoms with van der Waals surface area (Å²) >= 11 is 0. The van der Waals surface area contributed by atoms with Crippen LogP contribution in [0.1, 0.15) is 49.4 Å². The smallest absolute Gasteiger partial charge is 0.254 e. The number of benzene rings is 1. The monoisotopic (exact) mass is 290 g/mol. The van der Waals surface area contributed by atoms with Gasteiger partial charge < -0.3 is 10.6 Å². The number of nitrogen functional groups attached to an aromatic ring is 1. The summed E-state index contributed by atoms with van der Waals surface area (Å²) in [5, 5.41) is 0. The third kappa shape index (κ3) is 2.63. The average Bonchev–Trinajstić information content (AvgIpc) is 2.50. The average molecular weight is 290 g/mol. The van der Waals surface area contributed by atoms with E-state index in [9.17, 15) is 9.18 Å². The Kier molecular flexibility index (Phi) is 3.87. The van der Waals surface area contributed by atoms with Crippen LogP contribution in [0.3, 0.4) is 0 Å². The Hall–Kier alpha value is -1.58. The first kappa shape index (κ1) is 14.4. The van der Waals surface area contributed by atoms with Gasteiger partial charge in [0.2, 0.25) is 0 Å². The largest absolute Gasteiger partial charge is 0.396 e. The molecule has 1 aromatic rings. The molecule has 1 amide bonds. The summed E-state index contributed by atoms with van der Waals surface area (Å²) in [5.41, 5.74) is 6.15. The van der Waals surface area contributed by atoms with Crippen molar-refractivity contribution in [1.82, 2.24) is 4.90 Å². The summed E-state index contributed by atoms with van der Waals surface area (Å²) in [7, 11) is 0. The van der Waals surface area contributed by atoms with Gasteiger partial charge in [-0.15, -0.1) is 0 Å². The molecule has 114 valence electrons. The van der Waals surface area contributed by atoms with E-state index in [4.69, 9.17) is 5.73 Å². The van der Waals surface area contributed by atoms with Crippen molar-refractivity contribution < 1.29 is 9.18 Å². The first-order valence-electron chi connectivity index (χ1n) is 7.94. The molecule has 1 heterocycles. The van der Waals surface area contributed by atoms with Crippen molar-refractivity contribution in [1.29, 1.82) is 0 Å². The van der Waals surface area contributed by atoms with Gasteiger partial charge >= 0.3 is 0 Å². The molecule has 0 aromatic heterocycles. The van der Waals surface area contributed by atoms with Gasteiger partial charge in [0.25, 0.3) is 5.91 Å². The van der Waals surface area contributed by atoms with Crippen molar-refractivity contribution in [3.8, 4) is 0 Å². The number of piperidine rings is 1. The Balaban J connectivity index is 1.84. The summed E-state index contributed by atoms with van der Waals surface area (Å²) in [6.45, 7) is 3.11. The van der Waals surface area contributed by atoms with Crippen LogP contribution >= 0.6 is 0 Å². The summed E-state index contributed by atoms with van der Waals surface area (Å²) in [4.78, 5) is 14.8. The fourth-order valence-electron chi connectivity index (χ4n) is 4.01. The van der Waals surface area contributed by atoms with E-state index in [1.165, 1.54) is 31.4 Å². The number of hydrogen-bond donors (Lipinski definition) is 1. The van der Waals surface area contributed by atoms with Gasteiger partial charge in [0.05, 0.1) is 5.69 Å². The van der Waals surface area contributed by atoms with Gasteiger partial charge in [-0.3, -0.25) is 4.79 Å². The molecule has 0 spiro atoms. The van der Waals surface area contributed by atoms with Crippen LogP contribution in [0.25, 0.3) is 0 Å². The molecule has 3 atom stereocenters. The van der Waals surface area contributed by atoms with E-state index in [1.54, 1.807) is 6.07 Å². The van der Waals surface area contributed by atoms with Crippen LogP contribution in [-0.2, 0) is 0 Å². The molecular weight excluding hydrogens is 267 g/mol. The van der Waals surface area contributed by atoms with E-state index in [0.717, 1.165) is 19.4 Å². The predicted molar refractivity (Wildman–Crippen MR) is 81.4 cm³/mol. The number of likely N-dealkylation sites (tertiary alicyclic amines) is 1. The van der Waals surface area contributed by atoms with E-state index in [2.05, 4.69) is 6.92 Å². The second-order valence-electron chi connectivity index (χ2n) is 6.52. The Bertz CT molecular complexity index is 546. The summed E-state index contributed by atoms with van der Waals surface area (Å²) in [6.07, 6.45) is 5.85. The van der Waals surface area contributed by atoms with Gasteiger partial charge in [-0.25, -0.2) is 4.39 Å². The lowest BCUT2D eigenvalue weighted by atomic mass is 9.72. The SMILES string of the molecule is CC1CCN(C(=O)c2ccc(F)c(N)c2)C2CCCCC12. The molecular formula is C17H23FN2O. The summed E-state index contributed by atoms with van der Waals surface area (Å²) in [5.74, 6) is 0.853. The molecule has 4 heteroatoms. The molecule has 1 aromatic carbocycles. The minimum absolute atomic E-state index is 0.00509. The van der Waals surface area contributed by atoms with Crippen LogP contribution in [0.2, 0.25) is 0 Å². The van der Waals surface area contributed by atoms with Gasteiger partial charge in [0.1, 0.15) is 5.82 Å². The third-order valence-corrected chi connectivity index (χ3v) is 5.24. The maximum absolute atomic E-state index is 13.3. The number of anilines is 1. The van der Waals surface area contributed by atoms with Gasteiger partial charge in [0, 0.05) is 18.2 Å². The highest BCUT2D eigenvalue weighted by molar-refractivity contribution is 5.95. The van der Waals surface area contributed by atoms with E-state index in [0.29, 0.717) is 23.4 Å². The molecule has 2 N–H and O–H groups in total. The topological polar surface area (TPSA) is 46.3 Å². The van der Waals surface area contributed by atoms with E-state index < -0.39 is 5.82 Å². The summed E-state index contributed by atoms with van der Waals surface area (Å²) in [6, 6.07) is 4.64. The molecule has 2 fully saturated rings. The van der Waals surface area contributed by atoms with Crippen LogP contribution in [0, 0.1) is 17.7 Å². The highest BCUT2D eigenvalue weighted by atomic mass is 19.1. The molecule has 1 aliphatic heterocycles. The first-order chi connectivity index (χ1) is 10.1.